The highest BCUT2D eigenvalue weighted by Crippen LogP contribution is 2.26. The van der Waals surface area contributed by atoms with Gasteiger partial charge < -0.3 is 10.2 Å². The van der Waals surface area contributed by atoms with E-state index in [4.69, 9.17) is 0 Å². The summed E-state index contributed by atoms with van der Waals surface area (Å²) in [6, 6.07) is 6.79. The second-order valence-electron chi connectivity index (χ2n) is 4.29. The number of hydrogen-bond donors (Lipinski definition) is 1. The molecule has 82 valence electrons. The molecule has 1 N–H and O–H groups in total. The molecule has 0 aliphatic carbocycles. The molecule has 0 fully saturated rings. The third-order valence-corrected chi connectivity index (χ3v) is 3.03. The highest BCUT2D eigenvalue weighted by atomic mass is 15.1. The topological polar surface area (TPSA) is 15.3 Å². The van der Waals surface area contributed by atoms with Crippen molar-refractivity contribution < 1.29 is 0 Å². The molecule has 0 saturated heterocycles. The molecular formula is C13H20N2. The Kier molecular flexibility index (Phi) is 3.14. The van der Waals surface area contributed by atoms with Crippen LogP contribution in [0.25, 0.3) is 0 Å². The van der Waals surface area contributed by atoms with Crippen LogP contribution in [0.1, 0.15) is 25.3 Å². The van der Waals surface area contributed by atoms with Gasteiger partial charge in [-0.2, -0.15) is 0 Å². The third kappa shape index (κ3) is 2.25. The van der Waals surface area contributed by atoms with Gasteiger partial charge in [0.25, 0.3) is 0 Å². The molecule has 0 saturated carbocycles. The lowest BCUT2D eigenvalue weighted by Crippen LogP contribution is -2.19. The zero-order valence-electron chi connectivity index (χ0n) is 9.71. The van der Waals surface area contributed by atoms with Crippen molar-refractivity contribution in [3.63, 3.8) is 0 Å². The van der Waals surface area contributed by atoms with Crippen LogP contribution in [0.3, 0.4) is 0 Å². The molecule has 0 amide bonds. The van der Waals surface area contributed by atoms with Crippen LogP contribution in [0.15, 0.2) is 18.2 Å². The number of nitrogens with zero attached hydrogens (tertiary/aromatic N) is 1. The highest BCUT2D eigenvalue weighted by molar-refractivity contribution is 5.63. The molecule has 0 aromatic heterocycles. The number of anilines is 2. The second kappa shape index (κ2) is 4.56. The Morgan fingerprint density at radius 1 is 1.40 bits per heavy atom. The van der Waals surface area contributed by atoms with Gasteiger partial charge in [0.15, 0.2) is 0 Å². The molecule has 0 bridgehead atoms. The predicted molar refractivity (Wildman–Crippen MR) is 66.8 cm³/mol. The first-order valence-electron chi connectivity index (χ1n) is 5.89. The maximum Gasteiger partial charge on any atom is 0.0393 e. The number of rotatable bonds is 3. The first-order chi connectivity index (χ1) is 7.31. The summed E-state index contributed by atoms with van der Waals surface area (Å²) in [5, 5.41) is 3.47. The van der Waals surface area contributed by atoms with Crippen molar-refractivity contribution in [2.75, 3.05) is 30.4 Å². The van der Waals surface area contributed by atoms with Gasteiger partial charge in [0.1, 0.15) is 0 Å². The van der Waals surface area contributed by atoms with Crippen LogP contribution in [0.5, 0.6) is 0 Å². The Hall–Kier alpha value is -1.18. The first kappa shape index (κ1) is 10.3. The zero-order chi connectivity index (χ0) is 10.7. The summed E-state index contributed by atoms with van der Waals surface area (Å²) in [6.45, 7) is 4.46. The van der Waals surface area contributed by atoms with Crippen molar-refractivity contribution in [2.45, 2.75) is 26.2 Å². The minimum Gasteiger partial charge on any atom is -0.385 e. The third-order valence-electron chi connectivity index (χ3n) is 3.03. The first-order valence-corrected chi connectivity index (χ1v) is 5.89. The molecule has 15 heavy (non-hydrogen) atoms. The quantitative estimate of drug-likeness (QED) is 0.814. The van der Waals surface area contributed by atoms with E-state index in [1.165, 1.54) is 36.2 Å². The smallest absolute Gasteiger partial charge is 0.0393 e. The molecule has 1 aromatic rings. The van der Waals surface area contributed by atoms with E-state index in [2.05, 4.69) is 42.4 Å². The van der Waals surface area contributed by atoms with Crippen LogP contribution >= 0.6 is 0 Å². The lowest BCUT2D eigenvalue weighted by Gasteiger charge is -2.23. The summed E-state index contributed by atoms with van der Waals surface area (Å²) >= 11 is 0. The second-order valence-corrected chi connectivity index (χ2v) is 4.29. The van der Waals surface area contributed by atoms with E-state index in [9.17, 15) is 0 Å². The monoisotopic (exact) mass is 204 g/mol. The van der Waals surface area contributed by atoms with Gasteiger partial charge in [0, 0.05) is 31.5 Å². The molecule has 1 aromatic carbocycles. The fourth-order valence-electron chi connectivity index (χ4n) is 2.15. The van der Waals surface area contributed by atoms with Crippen LogP contribution in [-0.4, -0.2) is 20.1 Å². The summed E-state index contributed by atoms with van der Waals surface area (Å²) in [6.07, 6.45) is 3.68. The summed E-state index contributed by atoms with van der Waals surface area (Å²) < 4.78 is 0. The Labute approximate surface area is 92.3 Å². The molecule has 1 heterocycles. The minimum atomic E-state index is 1.12. The summed E-state index contributed by atoms with van der Waals surface area (Å²) in [7, 11) is 2.16. The maximum absolute atomic E-state index is 3.47. The lowest BCUT2D eigenvalue weighted by atomic mass is 10.0. The maximum atomic E-state index is 3.47. The SMILES string of the molecule is CCCN(C)c1ccc2c(c1)NCCC2. The molecule has 1 aliphatic heterocycles. The number of fused-ring (bicyclic) bond motifs is 1. The van der Waals surface area contributed by atoms with E-state index in [-0.39, 0.29) is 0 Å². The van der Waals surface area contributed by atoms with Gasteiger partial charge in [-0.25, -0.2) is 0 Å². The van der Waals surface area contributed by atoms with E-state index < -0.39 is 0 Å². The average Bonchev–Trinajstić information content (AvgIpc) is 2.29. The number of hydrogen-bond acceptors (Lipinski definition) is 2. The molecule has 2 nitrogen and oxygen atoms in total. The normalized spacial score (nSPS) is 14.3. The molecule has 2 heteroatoms. The van der Waals surface area contributed by atoms with Gasteiger partial charge in [-0.05, 0) is 37.0 Å². The van der Waals surface area contributed by atoms with Crippen molar-refractivity contribution >= 4 is 11.4 Å². The largest absolute Gasteiger partial charge is 0.385 e. The van der Waals surface area contributed by atoms with Crippen LogP contribution in [-0.2, 0) is 6.42 Å². The van der Waals surface area contributed by atoms with Crippen molar-refractivity contribution in [1.29, 1.82) is 0 Å². The highest BCUT2D eigenvalue weighted by Gasteiger charge is 2.09. The molecule has 2 rings (SSSR count). The molecular weight excluding hydrogens is 184 g/mol. The summed E-state index contributed by atoms with van der Waals surface area (Å²) in [5.74, 6) is 0. The molecule has 0 radical (unpaired) electrons. The van der Waals surface area contributed by atoms with Crippen molar-refractivity contribution in [3.05, 3.63) is 23.8 Å². The van der Waals surface area contributed by atoms with Gasteiger partial charge in [-0.3, -0.25) is 0 Å². The molecule has 0 unspecified atom stereocenters. The van der Waals surface area contributed by atoms with E-state index in [1.807, 2.05) is 0 Å². The summed E-state index contributed by atoms with van der Waals surface area (Å²) in [4.78, 5) is 2.32. The van der Waals surface area contributed by atoms with Crippen LogP contribution in [0, 0.1) is 0 Å². The minimum absolute atomic E-state index is 1.12. The van der Waals surface area contributed by atoms with Crippen molar-refractivity contribution in [3.8, 4) is 0 Å². The lowest BCUT2D eigenvalue weighted by molar-refractivity contribution is 0.824. The van der Waals surface area contributed by atoms with Gasteiger partial charge in [0.2, 0.25) is 0 Å². The van der Waals surface area contributed by atoms with E-state index >= 15 is 0 Å². The Balaban J connectivity index is 2.20. The average molecular weight is 204 g/mol. The zero-order valence-corrected chi connectivity index (χ0v) is 9.71. The molecule has 0 spiro atoms. The van der Waals surface area contributed by atoms with Gasteiger partial charge in [0.05, 0.1) is 0 Å². The number of nitrogens with one attached hydrogen (secondary N) is 1. The molecule has 1 aliphatic rings. The van der Waals surface area contributed by atoms with Gasteiger partial charge in [-0.15, -0.1) is 0 Å². The standard InChI is InChI=1S/C13H20N2/c1-3-9-15(2)12-7-6-11-5-4-8-14-13(11)10-12/h6-7,10,14H,3-5,8-9H2,1-2H3. The van der Waals surface area contributed by atoms with Crippen LogP contribution in [0.2, 0.25) is 0 Å². The predicted octanol–water partition coefficient (Wildman–Crippen LogP) is 2.89. The Morgan fingerprint density at radius 3 is 3.07 bits per heavy atom. The fraction of sp³-hybridized carbons (Fsp3) is 0.538. The van der Waals surface area contributed by atoms with E-state index in [0.29, 0.717) is 0 Å². The van der Waals surface area contributed by atoms with E-state index in [1.54, 1.807) is 0 Å². The fourth-order valence-corrected chi connectivity index (χ4v) is 2.15. The Bertz CT molecular complexity index is 333. The van der Waals surface area contributed by atoms with Crippen molar-refractivity contribution in [1.82, 2.24) is 0 Å². The number of aryl methyl sites for hydroxylation is 1. The van der Waals surface area contributed by atoms with Crippen molar-refractivity contribution in [2.24, 2.45) is 0 Å². The van der Waals surface area contributed by atoms with Crippen LogP contribution in [0.4, 0.5) is 11.4 Å². The van der Waals surface area contributed by atoms with Gasteiger partial charge in [-0.1, -0.05) is 13.0 Å². The van der Waals surface area contributed by atoms with E-state index in [0.717, 1.165) is 13.1 Å². The number of benzene rings is 1. The molecule has 0 atom stereocenters. The van der Waals surface area contributed by atoms with Crippen LogP contribution < -0.4 is 10.2 Å². The van der Waals surface area contributed by atoms with Gasteiger partial charge >= 0.3 is 0 Å². The Morgan fingerprint density at radius 2 is 2.27 bits per heavy atom. The summed E-state index contributed by atoms with van der Waals surface area (Å²) in [5.41, 5.74) is 4.13.